The average Bonchev–Trinajstić information content (AvgIpc) is 2.79. The normalized spacial score (nSPS) is 20.1. The fraction of sp³-hybridized carbons (Fsp3) is 0.583. The number of carbonyl (C=O) groups is 1. The summed E-state index contributed by atoms with van der Waals surface area (Å²) in [5.74, 6) is -0.157. The molecule has 1 unspecified atom stereocenters. The van der Waals surface area contributed by atoms with Crippen LogP contribution in [0.2, 0.25) is 0 Å². The van der Waals surface area contributed by atoms with Gasteiger partial charge in [0.25, 0.3) is 5.91 Å². The topological polar surface area (TPSA) is 89.7 Å². The molecule has 0 bridgehead atoms. The van der Waals surface area contributed by atoms with Gasteiger partial charge in [-0.1, -0.05) is 0 Å². The summed E-state index contributed by atoms with van der Waals surface area (Å²) in [6.45, 7) is 2.81. The van der Waals surface area contributed by atoms with Gasteiger partial charge in [-0.2, -0.15) is 0 Å². The lowest BCUT2D eigenvalue weighted by molar-refractivity contribution is 0.0268. The second-order valence-electron chi connectivity index (χ2n) is 4.86. The molecule has 1 aromatic rings. The molecule has 1 fully saturated rings. The fourth-order valence-corrected chi connectivity index (χ4v) is 4.38. The highest BCUT2D eigenvalue weighted by Crippen LogP contribution is 2.27. The minimum Gasteiger partial charge on any atom is -0.380 e. The van der Waals surface area contributed by atoms with E-state index in [1.807, 2.05) is 0 Å². The van der Waals surface area contributed by atoms with Gasteiger partial charge in [0, 0.05) is 25.6 Å². The van der Waals surface area contributed by atoms with Gasteiger partial charge in [-0.3, -0.25) is 4.79 Å². The molecule has 1 aromatic heterocycles. The summed E-state index contributed by atoms with van der Waals surface area (Å²) in [4.78, 5) is 14.2. The zero-order chi connectivity index (χ0) is 14.9. The molecular weight excluding hydrogens is 300 g/mol. The van der Waals surface area contributed by atoms with Crippen LogP contribution in [0.5, 0.6) is 0 Å². The number of nitrogens with zero attached hydrogens (tertiary/aromatic N) is 1. The summed E-state index contributed by atoms with van der Waals surface area (Å²) in [6.07, 6.45) is 1.87. The quantitative estimate of drug-likeness (QED) is 0.898. The number of sulfonamides is 1. The minimum absolute atomic E-state index is 0.0457. The first-order valence-electron chi connectivity index (χ1n) is 6.27. The lowest BCUT2D eigenvalue weighted by Gasteiger charge is -2.32. The zero-order valence-corrected chi connectivity index (χ0v) is 13.1. The van der Waals surface area contributed by atoms with Crippen molar-refractivity contribution in [1.82, 2.24) is 4.90 Å². The van der Waals surface area contributed by atoms with Crippen LogP contribution in [0.25, 0.3) is 0 Å². The summed E-state index contributed by atoms with van der Waals surface area (Å²) in [7, 11) is -2.14. The molecule has 1 aliphatic heterocycles. The Labute approximate surface area is 122 Å². The maximum atomic E-state index is 12.5. The Morgan fingerprint density at radius 3 is 2.80 bits per heavy atom. The Morgan fingerprint density at radius 2 is 2.25 bits per heavy atom. The molecule has 2 rings (SSSR count). The van der Waals surface area contributed by atoms with E-state index in [1.165, 1.54) is 0 Å². The molecule has 20 heavy (non-hydrogen) atoms. The van der Waals surface area contributed by atoms with Crippen LogP contribution in [0.1, 0.15) is 28.8 Å². The molecule has 112 valence electrons. The number of carbonyl (C=O) groups excluding carboxylic acids is 1. The zero-order valence-electron chi connectivity index (χ0n) is 11.5. The second kappa shape index (κ2) is 5.80. The van der Waals surface area contributed by atoms with E-state index in [0.717, 1.165) is 24.2 Å². The predicted octanol–water partition coefficient (Wildman–Crippen LogP) is 0.955. The van der Waals surface area contributed by atoms with Crippen molar-refractivity contribution in [1.29, 1.82) is 0 Å². The lowest BCUT2D eigenvalue weighted by atomic mass is 10.1. The van der Waals surface area contributed by atoms with Gasteiger partial charge in [0.1, 0.15) is 4.21 Å². The first kappa shape index (κ1) is 15.4. The maximum Gasteiger partial charge on any atom is 0.255 e. The Morgan fingerprint density at radius 1 is 1.55 bits per heavy atom. The summed E-state index contributed by atoms with van der Waals surface area (Å²) in [6, 6.07) is 0. The molecule has 1 atom stereocenters. The number of hydrogen-bond donors (Lipinski definition) is 1. The lowest BCUT2D eigenvalue weighted by Crippen LogP contribution is -2.43. The SMILES string of the molecule is COC1CCCN(C(=O)c2csc(S(N)(=O)=O)c2C)C1. The number of piperidine rings is 1. The average molecular weight is 318 g/mol. The van der Waals surface area contributed by atoms with Gasteiger partial charge in [0.05, 0.1) is 11.7 Å². The van der Waals surface area contributed by atoms with E-state index < -0.39 is 10.0 Å². The molecule has 8 heteroatoms. The number of primary sulfonamides is 1. The van der Waals surface area contributed by atoms with E-state index >= 15 is 0 Å². The molecule has 1 saturated heterocycles. The van der Waals surface area contributed by atoms with Gasteiger partial charge < -0.3 is 9.64 Å². The number of thiophene rings is 1. The highest BCUT2D eigenvalue weighted by atomic mass is 32.2. The number of rotatable bonds is 3. The first-order chi connectivity index (χ1) is 9.34. The van der Waals surface area contributed by atoms with E-state index in [9.17, 15) is 13.2 Å². The minimum atomic E-state index is -3.77. The third-order valence-corrected chi connectivity index (χ3v) is 6.16. The highest BCUT2D eigenvalue weighted by molar-refractivity contribution is 7.91. The molecule has 0 aliphatic carbocycles. The summed E-state index contributed by atoms with van der Waals surface area (Å²) < 4.78 is 28.2. The van der Waals surface area contributed by atoms with Gasteiger partial charge >= 0.3 is 0 Å². The van der Waals surface area contributed by atoms with Crippen LogP contribution in [0.15, 0.2) is 9.59 Å². The van der Waals surface area contributed by atoms with E-state index in [0.29, 0.717) is 24.2 Å². The molecule has 0 radical (unpaired) electrons. The summed E-state index contributed by atoms with van der Waals surface area (Å²) in [5.41, 5.74) is 0.845. The van der Waals surface area contributed by atoms with Gasteiger partial charge in [-0.05, 0) is 25.3 Å². The van der Waals surface area contributed by atoms with E-state index in [2.05, 4.69) is 0 Å². The third-order valence-electron chi connectivity index (χ3n) is 3.48. The fourth-order valence-electron chi connectivity index (χ4n) is 2.38. The van der Waals surface area contributed by atoms with Gasteiger partial charge in [-0.25, -0.2) is 13.6 Å². The molecule has 0 spiro atoms. The smallest absolute Gasteiger partial charge is 0.255 e. The Balaban J connectivity index is 2.24. The van der Waals surface area contributed by atoms with Crippen molar-refractivity contribution in [3.8, 4) is 0 Å². The predicted molar refractivity (Wildman–Crippen MR) is 76.4 cm³/mol. The van der Waals surface area contributed by atoms with E-state index in [-0.39, 0.29) is 16.2 Å². The van der Waals surface area contributed by atoms with Crippen LogP contribution >= 0.6 is 11.3 Å². The van der Waals surface area contributed by atoms with Crippen molar-refractivity contribution in [2.24, 2.45) is 5.14 Å². The number of methoxy groups -OCH3 is 1. The first-order valence-corrected chi connectivity index (χ1v) is 8.70. The standard InChI is InChI=1S/C12H18N2O4S2/c1-8-10(7-19-12(8)20(13,16)17)11(15)14-5-3-4-9(6-14)18-2/h7,9H,3-6H2,1-2H3,(H2,13,16,17). The number of hydrogen-bond acceptors (Lipinski definition) is 5. The van der Waals surface area contributed by atoms with Gasteiger partial charge in [0.2, 0.25) is 10.0 Å². The van der Waals surface area contributed by atoms with Crippen LogP contribution in [0.3, 0.4) is 0 Å². The number of amides is 1. The molecule has 2 heterocycles. The van der Waals surface area contributed by atoms with Crippen LogP contribution in [0.4, 0.5) is 0 Å². The highest BCUT2D eigenvalue weighted by Gasteiger charge is 2.28. The summed E-state index contributed by atoms with van der Waals surface area (Å²) >= 11 is 0.990. The van der Waals surface area contributed by atoms with Crippen molar-refractivity contribution in [3.63, 3.8) is 0 Å². The molecule has 6 nitrogen and oxygen atoms in total. The van der Waals surface area contributed by atoms with Crippen molar-refractivity contribution in [3.05, 3.63) is 16.5 Å². The third kappa shape index (κ3) is 3.03. The Bertz CT molecular complexity index is 609. The van der Waals surface area contributed by atoms with Crippen molar-refractivity contribution < 1.29 is 17.9 Å². The van der Waals surface area contributed by atoms with Crippen molar-refractivity contribution in [2.75, 3.05) is 20.2 Å². The molecule has 0 aromatic carbocycles. The van der Waals surface area contributed by atoms with Gasteiger partial charge in [0.15, 0.2) is 0 Å². The molecule has 0 saturated carbocycles. The Hall–Kier alpha value is -0.960. The number of likely N-dealkylation sites (tertiary alicyclic amines) is 1. The number of nitrogens with two attached hydrogens (primary N) is 1. The van der Waals surface area contributed by atoms with E-state index in [4.69, 9.17) is 9.88 Å². The van der Waals surface area contributed by atoms with Crippen LogP contribution in [-0.2, 0) is 14.8 Å². The monoisotopic (exact) mass is 318 g/mol. The molecule has 2 N–H and O–H groups in total. The van der Waals surface area contributed by atoms with Crippen LogP contribution < -0.4 is 5.14 Å². The second-order valence-corrected chi connectivity index (χ2v) is 7.49. The van der Waals surface area contributed by atoms with Crippen LogP contribution in [-0.4, -0.2) is 45.5 Å². The molecular formula is C12H18N2O4S2. The number of ether oxygens (including phenoxy) is 1. The Kier molecular flexibility index (Phi) is 4.48. The summed E-state index contributed by atoms with van der Waals surface area (Å²) in [5, 5.41) is 6.69. The van der Waals surface area contributed by atoms with Gasteiger partial charge in [-0.15, -0.1) is 11.3 Å². The van der Waals surface area contributed by atoms with E-state index in [1.54, 1.807) is 24.3 Å². The largest absolute Gasteiger partial charge is 0.380 e. The van der Waals surface area contributed by atoms with Crippen LogP contribution in [0, 0.1) is 6.92 Å². The maximum absolute atomic E-state index is 12.5. The molecule has 1 aliphatic rings. The molecule has 1 amide bonds. The van der Waals surface area contributed by atoms with Crippen molar-refractivity contribution >= 4 is 27.3 Å². The van der Waals surface area contributed by atoms with Crippen molar-refractivity contribution in [2.45, 2.75) is 30.1 Å².